The van der Waals surface area contributed by atoms with Crippen LogP contribution in [0.2, 0.25) is 0 Å². The molecule has 0 saturated carbocycles. The molecule has 0 bridgehead atoms. The van der Waals surface area contributed by atoms with Crippen molar-refractivity contribution in [2.24, 2.45) is 0 Å². The number of hydrogen-bond donors (Lipinski definition) is 0. The second-order valence-corrected chi connectivity index (χ2v) is 3.66. The Morgan fingerprint density at radius 1 is 1.47 bits per heavy atom. The number of rotatable bonds is 5. The number of hydrogen-bond acceptors (Lipinski definition) is 3. The molecule has 0 unspecified atom stereocenters. The normalized spacial score (nSPS) is 9.47. The second-order valence-electron chi connectivity index (χ2n) is 3.66. The van der Waals surface area contributed by atoms with Gasteiger partial charge in [-0.15, -0.1) is 0 Å². The highest BCUT2D eigenvalue weighted by Gasteiger charge is 2.09. The van der Waals surface area contributed by atoms with Crippen molar-refractivity contribution in [3.8, 4) is 11.8 Å². The Hall–Kier alpha value is -2.02. The molecule has 0 saturated heterocycles. The van der Waals surface area contributed by atoms with Crippen molar-refractivity contribution >= 4 is 5.91 Å². The van der Waals surface area contributed by atoms with Gasteiger partial charge in [0.25, 0.3) is 5.91 Å². The molecule has 0 aliphatic rings. The zero-order chi connectivity index (χ0) is 12.7. The first kappa shape index (κ1) is 13.0. The molecular weight excluding hydrogens is 216 g/mol. The van der Waals surface area contributed by atoms with Crippen molar-refractivity contribution in [1.29, 1.82) is 5.26 Å². The van der Waals surface area contributed by atoms with Crippen molar-refractivity contribution in [2.45, 2.75) is 13.3 Å². The molecule has 0 fully saturated rings. The minimum Gasteiger partial charge on any atom is -0.483 e. The zero-order valence-electron chi connectivity index (χ0n) is 10.1. The Kier molecular flexibility index (Phi) is 5.02. The van der Waals surface area contributed by atoms with Gasteiger partial charge in [-0.1, -0.05) is 25.1 Å². The summed E-state index contributed by atoms with van der Waals surface area (Å²) >= 11 is 0. The van der Waals surface area contributed by atoms with Crippen LogP contribution in [0, 0.1) is 11.3 Å². The molecule has 0 aliphatic carbocycles. The van der Waals surface area contributed by atoms with Crippen molar-refractivity contribution in [2.75, 3.05) is 20.2 Å². The molecule has 1 rings (SSSR count). The summed E-state index contributed by atoms with van der Waals surface area (Å²) in [6.45, 7) is 2.08. The van der Waals surface area contributed by atoms with Gasteiger partial charge < -0.3 is 9.64 Å². The third-order valence-corrected chi connectivity index (χ3v) is 2.44. The molecule has 0 atom stereocenters. The molecule has 1 amide bonds. The lowest BCUT2D eigenvalue weighted by molar-refractivity contribution is -0.131. The summed E-state index contributed by atoms with van der Waals surface area (Å²) in [4.78, 5) is 12.9. The number of aryl methyl sites for hydroxylation is 1. The van der Waals surface area contributed by atoms with Gasteiger partial charge in [0.1, 0.15) is 12.3 Å². The van der Waals surface area contributed by atoms with E-state index < -0.39 is 0 Å². The maximum atomic E-state index is 11.6. The molecular formula is C13H16N2O2. The summed E-state index contributed by atoms with van der Waals surface area (Å²) in [5.74, 6) is 0.533. The van der Waals surface area contributed by atoms with E-state index >= 15 is 0 Å². The van der Waals surface area contributed by atoms with Crippen molar-refractivity contribution < 1.29 is 9.53 Å². The van der Waals surface area contributed by atoms with Crippen LogP contribution in [0.1, 0.15) is 12.5 Å². The minimum atomic E-state index is -0.197. The van der Waals surface area contributed by atoms with E-state index in [1.807, 2.05) is 37.3 Å². The fourth-order valence-corrected chi connectivity index (χ4v) is 1.38. The lowest BCUT2D eigenvalue weighted by Crippen LogP contribution is -2.31. The molecule has 1 aromatic rings. The number of nitrogens with zero attached hydrogens (tertiary/aromatic N) is 2. The molecule has 4 heteroatoms. The van der Waals surface area contributed by atoms with Crippen LogP contribution < -0.4 is 4.74 Å². The Morgan fingerprint density at radius 2 is 2.18 bits per heavy atom. The Labute approximate surface area is 101 Å². The number of carbonyl (C=O) groups excluding carboxylic acids is 1. The van der Waals surface area contributed by atoms with Gasteiger partial charge in [0.15, 0.2) is 6.61 Å². The van der Waals surface area contributed by atoms with E-state index in [1.165, 1.54) is 4.90 Å². The van der Waals surface area contributed by atoms with Crippen LogP contribution in [0.15, 0.2) is 24.3 Å². The van der Waals surface area contributed by atoms with E-state index in [0.29, 0.717) is 0 Å². The average Bonchev–Trinajstić information content (AvgIpc) is 2.36. The number of nitriles is 1. The minimum absolute atomic E-state index is 0.0325. The molecule has 0 spiro atoms. The van der Waals surface area contributed by atoms with Gasteiger partial charge in [-0.25, -0.2) is 0 Å². The van der Waals surface area contributed by atoms with Gasteiger partial charge in [-0.2, -0.15) is 5.26 Å². The lowest BCUT2D eigenvalue weighted by Gasteiger charge is -2.14. The predicted molar refractivity (Wildman–Crippen MR) is 64.6 cm³/mol. The van der Waals surface area contributed by atoms with Gasteiger partial charge >= 0.3 is 0 Å². The van der Waals surface area contributed by atoms with Crippen LogP contribution in [0.3, 0.4) is 0 Å². The average molecular weight is 232 g/mol. The smallest absolute Gasteiger partial charge is 0.261 e. The highest BCUT2D eigenvalue weighted by atomic mass is 16.5. The summed E-state index contributed by atoms with van der Waals surface area (Å²) in [6.07, 6.45) is 0.860. The number of para-hydroxylation sites is 1. The van der Waals surface area contributed by atoms with Crippen LogP contribution in [0.25, 0.3) is 0 Å². The van der Waals surface area contributed by atoms with Gasteiger partial charge in [-0.3, -0.25) is 4.79 Å². The topological polar surface area (TPSA) is 53.3 Å². The number of likely N-dealkylation sites (N-methyl/N-ethyl adjacent to an activating group) is 1. The first-order chi connectivity index (χ1) is 8.19. The fraction of sp³-hybridized carbons (Fsp3) is 0.385. The van der Waals surface area contributed by atoms with Crippen LogP contribution in [0.4, 0.5) is 0 Å². The predicted octanol–water partition coefficient (Wildman–Crippen LogP) is 1.61. The molecule has 1 aromatic carbocycles. The second kappa shape index (κ2) is 6.54. The number of ether oxygens (including phenoxy) is 1. The molecule has 90 valence electrons. The van der Waals surface area contributed by atoms with Crippen molar-refractivity contribution in [1.82, 2.24) is 4.90 Å². The summed E-state index contributed by atoms with van der Waals surface area (Å²) in [5.41, 5.74) is 1.07. The van der Waals surface area contributed by atoms with Crippen LogP contribution in [0.5, 0.6) is 5.75 Å². The Bertz CT molecular complexity index is 424. The zero-order valence-corrected chi connectivity index (χ0v) is 10.1. The monoisotopic (exact) mass is 232 g/mol. The molecule has 0 aliphatic heterocycles. The van der Waals surface area contributed by atoms with Crippen LogP contribution in [-0.2, 0) is 11.2 Å². The van der Waals surface area contributed by atoms with Gasteiger partial charge in [0.05, 0.1) is 6.07 Å². The summed E-state index contributed by atoms with van der Waals surface area (Å²) in [7, 11) is 1.58. The van der Waals surface area contributed by atoms with Gasteiger partial charge in [0.2, 0.25) is 0 Å². The molecule has 0 heterocycles. The SMILES string of the molecule is CCc1ccccc1OCC(=O)N(C)CC#N. The molecule has 0 N–H and O–H groups in total. The number of benzene rings is 1. The van der Waals surface area contributed by atoms with Gasteiger partial charge in [-0.05, 0) is 18.1 Å². The molecule has 17 heavy (non-hydrogen) atoms. The highest BCUT2D eigenvalue weighted by molar-refractivity contribution is 5.77. The van der Waals surface area contributed by atoms with E-state index in [9.17, 15) is 4.79 Å². The molecule has 0 aromatic heterocycles. The van der Waals surface area contributed by atoms with Crippen LogP contribution in [-0.4, -0.2) is 31.0 Å². The lowest BCUT2D eigenvalue weighted by atomic mass is 10.1. The fourth-order valence-electron chi connectivity index (χ4n) is 1.38. The first-order valence-electron chi connectivity index (χ1n) is 5.50. The molecule has 4 nitrogen and oxygen atoms in total. The van der Waals surface area contributed by atoms with Crippen LogP contribution >= 0.6 is 0 Å². The summed E-state index contributed by atoms with van der Waals surface area (Å²) < 4.78 is 5.46. The Morgan fingerprint density at radius 3 is 2.82 bits per heavy atom. The summed E-state index contributed by atoms with van der Waals surface area (Å²) in [5, 5.41) is 8.47. The summed E-state index contributed by atoms with van der Waals surface area (Å²) in [6, 6.07) is 9.55. The van der Waals surface area contributed by atoms with E-state index in [1.54, 1.807) is 7.05 Å². The third kappa shape index (κ3) is 3.80. The number of amides is 1. The van der Waals surface area contributed by atoms with E-state index in [0.717, 1.165) is 17.7 Å². The van der Waals surface area contributed by atoms with E-state index in [4.69, 9.17) is 10.00 Å². The third-order valence-electron chi connectivity index (χ3n) is 2.44. The molecule has 0 radical (unpaired) electrons. The standard InChI is InChI=1S/C13H16N2O2/c1-3-11-6-4-5-7-12(11)17-10-13(16)15(2)9-8-14/h4-7H,3,9-10H2,1-2H3. The maximum absolute atomic E-state index is 11.6. The van der Waals surface area contributed by atoms with E-state index in [-0.39, 0.29) is 19.1 Å². The highest BCUT2D eigenvalue weighted by Crippen LogP contribution is 2.18. The van der Waals surface area contributed by atoms with Crippen molar-refractivity contribution in [3.05, 3.63) is 29.8 Å². The Balaban J connectivity index is 2.56. The quantitative estimate of drug-likeness (QED) is 0.725. The first-order valence-corrected chi connectivity index (χ1v) is 5.50. The maximum Gasteiger partial charge on any atom is 0.261 e. The largest absolute Gasteiger partial charge is 0.483 e. The number of carbonyl (C=O) groups is 1. The van der Waals surface area contributed by atoms with Crippen molar-refractivity contribution in [3.63, 3.8) is 0 Å². The van der Waals surface area contributed by atoms with E-state index in [2.05, 4.69) is 0 Å². The van der Waals surface area contributed by atoms with Gasteiger partial charge in [0, 0.05) is 7.05 Å².